The fourth-order valence-electron chi connectivity index (χ4n) is 3.92. The highest BCUT2D eigenvalue weighted by atomic mass is 16.1. The number of benzene rings is 1. The van der Waals surface area contributed by atoms with Gasteiger partial charge in [-0.1, -0.05) is 18.6 Å². The average Bonchev–Trinajstić information content (AvgIpc) is 3.01. The molecule has 1 aromatic carbocycles. The third-order valence-corrected chi connectivity index (χ3v) is 5.41. The number of rotatable bonds is 4. The van der Waals surface area contributed by atoms with Crippen LogP contribution in [0.5, 0.6) is 0 Å². The van der Waals surface area contributed by atoms with Crippen molar-refractivity contribution in [1.82, 2.24) is 14.9 Å². The Morgan fingerprint density at radius 1 is 1.27 bits per heavy atom. The highest BCUT2D eigenvalue weighted by Gasteiger charge is 2.22. The number of hydrogen-bond donors (Lipinski definition) is 2. The summed E-state index contributed by atoms with van der Waals surface area (Å²) in [5.41, 5.74) is 10.2. The Morgan fingerprint density at radius 3 is 2.81 bits per heavy atom. The highest BCUT2D eigenvalue weighted by molar-refractivity contribution is 5.97. The molecule has 0 saturated carbocycles. The third-order valence-electron chi connectivity index (χ3n) is 5.41. The summed E-state index contributed by atoms with van der Waals surface area (Å²) in [5, 5.41) is 1.11. The third kappa shape index (κ3) is 3.10. The Labute approximate surface area is 153 Å². The number of H-pyrrole nitrogens is 1. The van der Waals surface area contributed by atoms with Gasteiger partial charge in [-0.15, -0.1) is 0 Å². The molecule has 1 aliphatic heterocycles. The van der Waals surface area contributed by atoms with Crippen molar-refractivity contribution in [2.24, 2.45) is 5.73 Å². The van der Waals surface area contributed by atoms with Crippen molar-refractivity contribution in [1.29, 1.82) is 0 Å². The number of pyridine rings is 1. The van der Waals surface area contributed by atoms with Gasteiger partial charge >= 0.3 is 0 Å². The van der Waals surface area contributed by atoms with E-state index in [4.69, 9.17) is 5.73 Å². The van der Waals surface area contributed by atoms with Gasteiger partial charge in [0.25, 0.3) is 0 Å². The molecule has 1 fully saturated rings. The number of nitrogens with one attached hydrogen (secondary N) is 1. The number of aromatic amines is 1. The summed E-state index contributed by atoms with van der Waals surface area (Å²) >= 11 is 0. The molecule has 1 saturated heterocycles. The van der Waals surface area contributed by atoms with Crippen LogP contribution in [0.15, 0.2) is 42.6 Å². The number of likely N-dealkylation sites (tertiary alicyclic amines) is 1. The van der Waals surface area contributed by atoms with Crippen LogP contribution in [0.4, 0.5) is 0 Å². The van der Waals surface area contributed by atoms with Gasteiger partial charge in [0.1, 0.15) is 5.65 Å². The van der Waals surface area contributed by atoms with Crippen molar-refractivity contribution in [2.75, 3.05) is 6.54 Å². The Hall–Kier alpha value is -2.66. The quantitative estimate of drug-likeness (QED) is 0.755. The first-order valence-electron chi connectivity index (χ1n) is 9.23. The van der Waals surface area contributed by atoms with Crippen LogP contribution in [-0.4, -0.2) is 33.4 Å². The lowest BCUT2D eigenvalue weighted by Crippen LogP contribution is -2.36. The van der Waals surface area contributed by atoms with Gasteiger partial charge < -0.3 is 10.7 Å². The van der Waals surface area contributed by atoms with Gasteiger partial charge in [0.15, 0.2) is 0 Å². The number of carbonyl (C=O) groups excluding carboxylic acids is 1. The van der Waals surface area contributed by atoms with Crippen molar-refractivity contribution in [3.05, 3.63) is 53.9 Å². The zero-order valence-electron chi connectivity index (χ0n) is 15.0. The zero-order valence-corrected chi connectivity index (χ0v) is 15.0. The average molecular weight is 348 g/mol. The fourth-order valence-corrected chi connectivity index (χ4v) is 3.92. The normalized spacial score (nSPS) is 18.3. The molecular weight excluding hydrogens is 324 g/mol. The Bertz CT molecular complexity index is 929. The van der Waals surface area contributed by atoms with Gasteiger partial charge in [0.2, 0.25) is 5.91 Å². The maximum Gasteiger partial charge on any atom is 0.248 e. The van der Waals surface area contributed by atoms with E-state index in [1.165, 1.54) is 30.5 Å². The number of nitrogens with zero attached hydrogens (tertiary/aromatic N) is 2. The molecule has 0 spiro atoms. The lowest BCUT2D eigenvalue weighted by molar-refractivity contribution is 0.100. The van der Waals surface area contributed by atoms with Gasteiger partial charge in [0, 0.05) is 41.0 Å². The lowest BCUT2D eigenvalue weighted by atomic mass is 9.99. The number of carbonyl (C=O) groups is 1. The molecule has 1 atom stereocenters. The van der Waals surface area contributed by atoms with Crippen LogP contribution in [0.2, 0.25) is 0 Å². The molecule has 1 amide bonds. The standard InChI is InChI=1S/C21H24N4O/c1-14-5-2-3-12-25(14)13-18-19(17-6-4-11-23-21(17)24-18)15-7-9-16(10-8-15)20(22)26/h4,6-11,14H,2-3,5,12-13H2,1H3,(H2,22,26)(H,23,24). The van der Waals surface area contributed by atoms with E-state index in [0.29, 0.717) is 11.6 Å². The minimum absolute atomic E-state index is 0.403. The molecule has 1 aliphatic rings. The van der Waals surface area contributed by atoms with Gasteiger partial charge in [0.05, 0.1) is 0 Å². The molecule has 3 N–H and O–H groups in total. The first kappa shape index (κ1) is 16.8. The first-order chi connectivity index (χ1) is 12.6. The molecular formula is C21H24N4O. The van der Waals surface area contributed by atoms with Crippen molar-refractivity contribution in [2.45, 2.75) is 38.8 Å². The van der Waals surface area contributed by atoms with Gasteiger partial charge in [-0.05, 0) is 56.1 Å². The predicted octanol–water partition coefficient (Wildman–Crippen LogP) is 3.70. The monoisotopic (exact) mass is 348 g/mol. The van der Waals surface area contributed by atoms with E-state index in [0.717, 1.165) is 29.7 Å². The van der Waals surface area contributed by atoms with Crippen molar-refractivity contribution in [3.8, 4) is 11.1 Å². The second-order valence-electron chi connectivity index (χ2n) is 7.14. The molecule has 134 valence electrons. The molecule has 0 radical (unpaired) electrons. The number of fused-ring (bicyclic) bond motifs is 1. The summed E-state index contributed by atoms with van der Waals surface area (Å²) in [7, 11) is 0. The maximum absolute atomic E-state index is 11.4. The summed E-state index contributed by atoms with van der Waals surface area (Å²) in [6.45, 7) is 4.32. The lowest BCUT2D eigenvalue weighted by Gasteiger charge is -2.33. The van der Waals surface area contributed by atoms with Crippen LogP contribution in [0.3, 0.4) is 0 Å². The van der Waals surface area contributed by atoms with E-state index in [-0.39, 0.29) is 0 Å². The molecule has 5 nitrogen and oxygen atoms in total. The van der Waals surface area contributed by atoms with Crippen LogP contribution < -0.4 is 5.73 Å². The van der Waals surface area contributed by atoms with E-state index in [1.807, 2.05) is 24.4 Å². The van der Waals surface area contributed by atoms with Crippen LogP contribution >= 0.6 is 0 Å². The predicted molar refractivity (Wildman–Crippen MR) is 104 cm³/mol. The fraction of sp³-hybridized carbons (Fsp3) is 0.333. The molecule has 3 aromatic rings. The second-order valence-corrected chi connectivity index (χ2v) is 7.14. The van der Waals surface area contributed by atoms with E-state index < -0.39 is 5.91 Å². The molecule has 0 bridgehead atoms. The molecule has 2 aromatic heterocycles. The van der Waals surface area contributed by atoms with Gasteiger partial charge in [-0.3, -0.25) is 9.69 Å². The summed E-state index contributed by atoms with van der Waals surface area (Å²) < 4.78 is 0. The summed E-state index contributed by atoms with van der Waals surface area (Å²) in [6, 6.07) is 12.2. The summed E-state index contributed by atoms with van der Waals surface area (Å²) in [5.74, 6) is -0.403. The van der Waals surface area contributed by atoms with E-state index in [1.54, 1.807) is 12.1 Å². The SMILES string of the molecule is CC1CCCCN1Cc1[nH]c2ncccc2c1-c1ccc(C(N)=O)cc1. The van der Waals surface area contributed by atoms with Gasteiger partial charge in [-0.25, -0.2) is 4.98 Å². The number of hydrogen-bond acceptors (Lipinski definition) is 3. The van der Waals surface area contributed by atoms with E-state index in [2.05, 4.69) is 27.9 Å². The maximum atomic E-state index is 11.4. The van der Waals surface area contributed by atoms with Crippen molar-refractivity contribution in [3.63, 3.8) is 0 Å². The van der Waals surface area contributed by atoms with E-state index in [9.17, 15) is 4.79 Å². The topological polar surface area (TPSA) is 75.0 Å². The van der Waals surface area contributed by atoms with Crippen LogP contribution in [-0.2, 0) is 6.54 Å². The molecule has 1 unspecified atom stereocenters. The molecule has 4 rings (SSSR count). The summed E-state index contributed by atoms with van der Waals surface area (Å²) in [6.07, 6.45) is 5.63. The largest absolute Gasteiger partial charge is 0.366 e. The Balaban J connectivity index is 1.77. The number of nitrogens with two attached hydrogens (primary N) is 1. The van der Waals surface area contributed by atoms with Gasteiger partial charge in [-0.2, -0.15) is 0 Å². The number of amides is 1. The van der Waals surface area contributed by atoms with Crippen LogP contribution in [0.1, 0.15) is 42.2 Å². The Morgan fingerprint density at radius 2 is 2.08 bits per heavy atom. The minimum Gasteiger partial charge on any atom is -0.366 e. The highest BCUT2D eigenvalue weighted by Crippen LogP contribution is 2.33. The summed E-state index contributed by atoms with van der Waals surface area (Å²) in [4.78, 5) is 21.9. The van der Waals surface area contributed by atoms with Crippen LogP contribution in [0.25, 0.3) is 22.2 Å². The Kier molecular flexibility index (Phi) is 4.47. The van der Waals surface area contributed by atoms with Crippen molar-refractivity contribution >= 4 is 16.9 Å². The van der Waals surface area contributed by atoms with Crippen molar-refractivity contribution < 1.29 is 4.79 Å². The molecule has 3 heterocycles. The zero-order chi connectivity index (χ0) is 18.1. The smallest absolute Gasteiger partial charge is 0.248 e. The number of aromatic nitrogens is 2. The molecule has 0 aliphatic carbocycles. The van der Waals surface area contributed by atoms with E-state index >= 15 is 0 Å². The molecule has 26 heavy (non-hydrogen) atoms. The van der Waals surface area contributed by atoms with Crippen LogP contribution in [0, 0.1) is 0 Å². The number of piperidine rings is 1. The minimum atomic E-state index is -0.403. The molecule has 5 heteroatoms. The number of primary amides is 1. The second kappa shape index (κ2) is 6.92. The first-order valence-corrected chi connectivity index (χ1v) is 9.23.